The first-order valence-electron chi connectivity index (χ1n) is 20.0. The van der Waals surface area contributed by atoms with Gasteiger partial charge < -0.3 is 37.2 Å². The summed E-state index contributed by atoms with van der Waals surface area (Å²) in [4.78, 5) is 16.3. The molecule has 7 rings (SSSR count). The van der Waals surface area contributed by atoms with Crippen LogP contribution in [0, 0.1) is 0 Å². The molecule has 0 N–H and O–H groups in total. The van der Waals surface area contributed by atoms with Gasteiger partial charge in [-0.1, -0.05) is 120 Å². The Morgan fingerprint density at radius 1 is 0.423 bits per heavy atom. The maximum absolute atomic E-state index is 5.53. The van der Waals surface area contributed by atoms with Crippen molar-refractivity contribution in [2.24, 2.45) is 9.98 Å². The topological polar surface area (TPSA) is 37.6 Å². The van der Waals surface area contributed by atoms with E-state index in [1.54, 1.807) is 0 Å². The molecule has 52 heavy (non-hydrogen) atoms. The predicted octanol–water partition coefficient (Wildman–Crippen LogP) is 4.56. The maximum atomic E-state index is 5.53. The number of hydrogen-bond acceptors (Lipinski definition) is 3. The fourth-order valence-electron chi connectivity index (χ4n) is 9.68. The van der Waals surface area contributed by atoms with E-state index in [1.165, 1.54) is 162 Å². The van der Waals surface area contributed by atoms with Crippen LogP contribution in [0.15, 0.2) is 64.6 Å². The van der Waals surface area contributed by atoms with E-state index in [-0.39, 0.29) is 55.8 Å². The largest absolute Gasteiger partial charge is 3.00 e. The van der Waals surface area contributed by atoms with Crippen LogP contribution in [0.4, 0.5) is 11.4 Å². The summed E-state index contributed by atoms with van der Waals surface area (Å²) in [6, 6.07) is 20.7. The Morgan fingerprint density at radius 2 is 0.673 bits per heavy atom. The van der Waals surface area contributed by atoms with Gasteiger partial charge in [0, 0.05) is 0 Å². The van der Waals surface area contributed by atoms with Crippen LogP contribution in [-0.4, -0.2) is 16.4 Å². The van der Waals surface area contributed by atoms with Crippen molar-refractivity contribution >= 4 is 22.8 Å². The summed E-state index contributed by atoms with van der Waals surface area (Å²) in [5.74, 6) is 2.52. The number of rotatable bonds is 8. The molecule has 3 nitrogen and oxygen atoms in total. The zero-order valence-electron chi connectivity index (χ0n) is 31.6. The second-order valence-corrected chi connectivity index (χ2v) is 15.7. The van der Waals surface area contributed by atoms with Crippen molar-refractivity contribution in [3.63, 3.8) is 0 Å². The van der Waals surface area contributed by atoms with Gasteiger partial charge in [0.05, 0.1) is 34.2 Å². The zero-order chi connectivity index (χ0) is 32.7. The number of aliphatic imine (C=N–C) groups is 2. The number of nitrogens with zero attached hydrogens (tertiary/aromatic N) is 3. The number of aromatic nitrogens is 1. The molecular formula is C45H59Cl3N3V. The Labute approximate surface area is 345 Å². The van der Waals surface area contributed by atoms with Crippen molar-refractivity contribution < 1.29 is 55.8 Å². The fraction of sp³-hybridized carbons (Fsp3) is 0.578. The first-order chi connectivity index (χ1) is 23.7. The molecule has 4 fully saturated rings. The number of halogens is 3. The minimum atomic E-state index is 0. The molecule has 7 heteroatoms. The van der Waals surface area contributed by atoms with Crippen LogP contribution in [0.3, 0.4) is 0 Å². The predicted molar refractivity (Wildman–Crippen MR) is 204 cm³/mol. The Hall–Kier alpha value is -1.62. The van der Waals surface area contributed by atoms with Gasteiger partial charge in [-0.05, 0) is 123 Å². The van der Waals surface area contributed by atoms with Crippen LogP contribution >= 0.6 is 0 Å². The number of pyridine rings is 1. The summed E-state index contributed by atoms with van der Waals surface area (Å²) in [5.41, 5.74) is 12.5. The second kappa shape index (κ2) is 22.1. The second-order valence-electron chi connectivity index (χ2n) is 15.7. The molecule has 1 heterocycles. The molecule has 3 aromatic rings. The van der Waals surface area contributed by atoms with Gasteiger partial charge in [0.25, 0.3) is 0 Å². The average Bonchev–Trinajstić information content (AvgIpc) is 3.16. The molecule has 1 aromatic heterocycles. The molecule has 4 aliphatic carbocycles. The van der Waals surface area contributed by atoms with Crippen molar-refractivity contribution in [3.8, 4) is 0 Å². The van der Waals surface area contributed by atoms with Crippen LogP contribution in [0.25, 0.3) is 0 Å². The Morgan fingerprint density at radius 3 is 0.942 bits per heavy atom. The third kappa shape index (κ3) is 10.8. The summed E-state index contributed by atoms with van der Waals surface area (Å²) >= 11 is 0. The molecule has 4 saturated carbocycles. The van der Waals surface area contributed by atoms with Crippen LogP contribution in [0.2, 0.25) is 0 Å². The van der Waals surface area contributed by atoms with E-state index in [0.717, 1.165) is 22.8 Å². The quantitative estimate of drug-likeness (QED) is 0.309. The minimum Gasteiger partial charge on any atom is -1.00 e. The molecular weight excluding hydrogens is 740 g/mol. The van der Waals surface area contributed by atoms with Gasteiger partial charge >= 0.3 is 18.6 Å². The monoisotopic (exact) mass is 797 g/mol. The Balaban J connectivity index is 0.00000182. The SMILES string of the molecule is CC(=Nc1c(C2CCCCC2)cccc1C1CCCCC1)c1cccc(C(C)=Nc2c(C3CCCCC3)cccc2C2CCCCC2)n1.[Cl-].[Cl-].[Cl-].[V+3]. The molecule has 0 unspecified atom stereocenters. The molecule has 0 saturated heterocycles. The molecule has 0 atom stereocenters. The van der Waals surface area contributed by atoms with Gasteiger partial charge in [-0.3, -0.25) is 9.98 Å². The number of benzene rings is 2. The molecule has 0 amide bonds. The third-order valence-electron chi connectivity index (χ3n) is 12.4. The van der Waals surface area contributed by atoms with E-state index in [9.17, 15) is 0 Å². The molecule has 0 aliphatic heterocycles. The molecule has 0 bridgehead atoms. The Kier molecular flexibility index (Phi) is 19.0. The number of para-hydroxylation sites is 2. The van der Waals surface area contributed by atoms with E-state index in [2.05, 4.69) is 68.4 Å². The normalized spacial score (nSPS) is 19.8. The fourth-order valence-corrected chi connectivity index (χ4v) is 9.68. The maximum Gasteiger partial charge on any atom is 3.00 e. The standard InChI is InChI=1S/C45H59N3.3ClH.V/c1-32(46-44-38(34-18-7-3-8-19-34)26-15-27-39(44)35-20-9-4-10-21-35)42-30-17-31-43(48-42)33(2)47-45-40(36-22-11-5-12-23-36)28-16-29-41(45)37-24-13-6-14-25-37;;;;/h15-17,26-31,34-37H,3-14,18-25H2,1-2H3;3*1H;/q;;;;+3/p-3. The van der Waals surface area contributed by atoms with Crippen molar-refractivity contribution in [2.45, 2.75) is 166 Å². The van der Waals surface area contributed by atoms with E-state index >= 15 is 0 Å². The zero-order valence-corrected chi connectivity index (χ0v) is 35.2. The van der Waals surface area contributed by atoms with Gasteiger partial charge in [-0.25, -0.2) is 4.98 Å². The van der Waals surface area contributed by atoms with Crippen molar-refractivity contribution in [1.29, 1.82) is 0 Å². The molecule has 0 spiro atoms. The molecule has 2 aromatic carbocycles. The van der Waals surface area contributed by atoms with Gasteiger partial charge in [-0.2, -0.15) is 0 Å². The summed E-state index contributed by atoms with van der Waals surface area (Å²) < 4.78 is 0. The van der Waals surface area contributed by atoms with Crippen LogP contribution in [-0.2, 0) is 18.6 Å². The smallest absolute Gasteiger partial charge is 1.00 e. The van der Waals surface area contributed by atoms with Crippen molar-refractivity contribution in [2.75, 3.05) is 0 Å². The molecule has 280 valence electrons. The summed E-state index contributed by atoms with van der Waals surface area (Å²) in [6.45, 7) is 4.36. The van der Waals surface area contributed by atoms with Crippen LogP contribution < -0.4 is 37.2 Å². The minimum absolute atomic E-state index is 0. The average molecular weight is 799 g/mol. The van der Waals surface area contributed by atoms with Gasteiger partial charge in [0.1, 0.15) is 0 Å². The van der Waals surface area contributed by atoms with E-state index in [0.29, 0.717) is 23.7 Å². The molecule has 0 radical (unpaired) electrons. The van der Waals surface area contributed by atoms with Crippen molar-refractivity contribution in [3.05, 3.63) is 88.2 Å². The van der Waals surface area contributed by atoms with E-state index in [1.807, 2.05) is 0 Å². The first kappa shape index (κ1) is 44.8. The molecule has 4 aliphatic rings. The van der Waals surface area contributed by atoms with Gasteiger partial charge in [0.15, 0.2) is 0 Å². The number of hydrogen-bond donors (Lipinski definition) is 0. The van der Waals surface area contributed by atoms with Crippen LogP contribution in [0.5, 0.6) is 0 Å². The van der Waals surface area contributed by atoms with E-state index in [4.69, 9.17) is 15.0 Å². The first-order valence-corrected chi connectivity index (χ1v) is 20.0. The van der Waals surface area contributed by atoms with E-state index < -0.39 is 0 Å². The summed E-state index contributed by atoms with van der Waals surface area (Å²) in [6.07, 6.45) is 26.6. The summed E-state index contributed by atoms with van der Waals surface area (Å²) in [7, 11) is 0. The summed E-state index contributed by atoms with van der Waals surface area (Å²) in [5, 5.41) is 0. The van der Waals surface area contributed by atoms with Crippen molar-refractivity contribution in [1.82, 2.24) is 4.98 Å². The van der Waals surface area contributed by atoms with Gasteiger partial charge in [0.2, 0.25) is 0 Å². The van der Waals surface area contributed by atoms with Gasteiger partial charge in [-0.15, -0.1) is 0 Å². The Bertz CT molecular complexity index is 1410. The third-order valence-corrected chi connectivity index (χ3v) is 12.4. The van der Waals surface area contributed by atoms with Crippen LogP contribution in [0.1, 0.15) is 200 Å².